The zero-order valence-electron chi connectivity index (χ0n) is 17.2. The second-order valence-corrected chi connectivity index (χ2v) is 8.45. The van der Waals surface area contributed by atoms with Crippen LogP contribution in [-0.2, 0) is 9.59 Å². The lowest BCUT2D eigenvalue weighted by atomic mass is 10.2. The third-order valence-electron chi connectivity index (χ3n) is 4.35. The number of hydrogen-bond donors (Lipinski definition) is 1. The predicted octanol–water partition coefficient (Wildman–Crippen LogP) is 5.28. The van der Waals surface area contributed by atoms with E-state index in [1.54, 1.807) is 36.4 Å². The van der Waals surface area contributed by atoms with Gasteiger partial charge in [-0.05, 0) is 48.9 Å². The Balaban J connectivity index is 1.66. The minimum atomic E-state index is -0.551. The summed E-state index contributed by atoms with van der Waals surface area (Å²) < 4.78 is 5.54. The Morgan fingerprint density at radius 3 is 2.77 bits per heavy atom. The van der Waals surface area contributed by atoms with Crippen LogP contribution in [0.4, 0.5) is 11.4 Å². The Hall–Kier alpha value is -2.77. The average Bonchev–Trinajstić information content (AvgIpc) is 3.02. The number of anilines is 1. The van der Waals surface area contributed by atoms with E-state index in [1.165, 1.54) is 16.7 Å². The third kappa shape index (κ3) is 6.35. The van der Waals surface area contributed by atoms with Crippen molar-refractivity contribution in [1.82, 2.24) is 4.90 Å². The fourth-order valence-electron chi connectivity index (χ4n) is 2.91. The SMILES string of the molecule is C=CCN1C(=O)[C@@H](CC(=O)Nc2ccc(OCCC)cc2)SC1=Nc1cccc(Cl)c1. The summed E-state index contributed by atoms with van der Waals surface area (Å²) in [4.78, 5) is 31.5. The van der Waals surface area contributed by atoms with Crippen molar-refractivity contribution >= 4 is 51.7 Å². The normalized spacial score (nSPS) is 17.1. The fourth-order valence-corrected chi connectivity index (χ4v) is 4.26. The number of aliphatic imine (C=N–C) groups is 1. The average molecular weight is 458 g/mol. The summed E-state index contributed by atoms with van der Waals surface area (Å²) in [6, 6.07) is 14.3. The smallest absolute Gasteiger partial charge is 0.242 e. The largest absolute Gasteiger partial charge is 0.494 e. The second-order valence-electron chi connectivity index (χ2n) is 6.84. The Kier molecular flexibility index (Phi) is 8.14. The molecule has 0 radical (unpaired) electrons. The molecule has 6 nitrogen and oxygen atoms in total. The lowest BCUT2D eigenvalue weighted by molar-refractivity contribution is -0.127. The number of ether oxygens (including phenoxy) is 1. The van der Waals surface area contributed by atoms with E-state index in [2.05, 4.69) is 16.9 Å². The molecule has 3 rings (SSSR count). The summed E-state index contributed by atoms with van der Waals surface area (Å²) in [5.41, 5.74) is 1.30. The molecule has 1 aliphatic rings. The topological polar surface area (TPSA) is 71.0 Å². The van der Waals surface area contributed by atoms with Gasteiger partial charge in [0.05, 0.1) is 12.3 Å². The lowest BCUT2D eigenvalue weighted by Crippen LogP contribution is -2.33. The Labute approximate surface area is 191 Å². The quantitative estimate of drug-likeness (QED) is 0.520. The minimum absolute atomic E-state index is 0.0415. The van der Waals surface area contributed by atoms with Crippen molar-refractivity contribution < 1.29 is 14.3 Å². The molecule has 1 fully saturated rings. The number of amidine groups is 1. The van der Waals surface area contributed by atoms with Crippen molar-refractivity contribution in [3.05, 3.63) is 66.2 Å². The maximum Gasteiger partial charge on any atom is 0.242 e. The highest BCUT2D eigenvalue weighted by atomic mass is 35.5. The fraction of sp³-hybridized carbons (Fsp3) is 0.261. The maximum absolute atomic E-state index is 12.8. The van der Waals surface area contributed by atoms with Crippen molar-refractivity contribution in [2.24, 2.45) is 4.99 Å². The number of thioether (sulfide) groups is 1. The highest BCUT2D eigenvalue weighted by Gasteiger charge is 2.38. The minimum Gasteiger partial charge on any atom is -0.494 e. The van der Waals surface area contributed by atoms with Crippen LogP contribution in [0.25, 0.3) is 0 Å². The summed E-state index contributed by atoms with van der Waals surface area (Å²) >= 11 is 7.30. The number of carbonyl (C=O) groups is 2. The summed E-state index contributed by atoms with van der Waals surface area (Å²) in [6.07, 6.45) is 2.60. The van der Waals surface area contributed by atoms with E-state index < -0.39 is 5.25 Å². The molecule has 1 atom stereocenters. The number of rotatable bonds is 9. The van der Waals surface area contributed by atoms with Gasteiger partial charge in [0, 0.05) is 23.7 Å². The molecule has 2 aromatic carbocycles. The van der Waals surface area contributed by atoms with Crippen molar-refractivity contribution in [1.29, 1.82) is 0 Å². The van der Waals surface area contributed by atoms with Crippen molar-refractivity contribution in [3.8, 4) is 5.75 Å². The number of amides is 2. The molecule has 1 heterocycles. The number of nitrogens with zero attached hydrogens (tertiary/aromatic N) is 2. The molecule has 1 saturated heterocycles. The van der Waals surface area contributed by atoms with Gasteiger partial charge >= 0.3 is 0 Å². The Bertz CT molecular complexity index is 978. The van der Waals surface area contributed by atoms with Gasteiger partial charge in [0.1, 0.15) is 11.0 Å². The first kappa shape index (κ1) is 22.9. The van der Waals surface area contributed by atoms with E-state index in [0.717, 1.165) is 12.2 Å². The molecule has 1 N–H and O–H groups in total. The zero-order chi connectivity index (χ0) is 22.2. The van der Waals surface area contributed by atoms with Crippen molar-refractivity contribution in [3.63, 3.8) is 0 Å². The van der Waals surface area contributed by atoms with Crippen LogP contribution >= 0.6 is 23.4 Å². The summed E-state index contributed by atoms with van der Waals surface area (Å²) in [5, 5.41) is 3.38. The van der Waals surface area contributed by atoms with E-state index in [0.29, 0.717) is 34.7 Å². The molecule has 0 unspecified atom stereocenters. The van der Waals surface area contributed by atoms with Crippen LogP contribution in [0.2, 0.25) is 5.02 Å². The van der Waals surface area contributed by atoms with E-state index in [9.17, 15) is 9.59 Å². The first-order valence-electron chi connectivity index (χ1n) is 9.96. The molecular weight excluding hydrogens is 434 g/mol. The van der Waals surface area contributed by atoms with Crippen LogP contribution in [0.1, 0.15) is 19.8 Å². The molecule has 1 aliphatic heterocycles. The maximum atomic E-state index is 12.8. The number of halogens is 1. The van der Waals surface area contributed by atoms with Gasteiger partial charge in [0.25, 0.3) is 0 Å². The summed E-state index contributed by atoms with van der Waals surface area (Å²) in [6.45, 7) is 6.72. The summed E-state index contributed by atoms with van der Waals surface area (Å²) in [7, 11) is 0. The number of benzene rings is 2. The molecule has 31 heavy (non-hydrogen) atoms. The molecular formula is C23H24ClN3O3S. The lowest BCUT2D eigenvalue weighted by Gasteiger charge is -2.14. The van der Waals surface area contributed by atoms with Crippen LogP contribution < -0.4 is 10.1 Å². The van der Waals surface area contributed by atoms with E-state index in [1.807, 2.05) is 25.1 Å². The monoisotopic (exact) mass is 457 g/mol. The van der Waals surface area contributed by atoms with Crippen LogP contribution in [0.5, 0.6) is 5.75 Å². The molecule has 162 valence electrons. The van der Waals surface area contributed by atoms with E-state index >= 15 is 0 Å². The van der Waals surface area contributed by atoms with Crippen LogP contribution in [0.15, 0.2) is 66.2 Å². The Morgan fingerprint density at radius 1 is 1.32 bits per heavy atom. The van der Waals surface area contributed by atoms with E-state index in [4.69, 9.17) is 16.3 Å². The zero-order valence-corrected chi connectivity index (χ0v) is 18.8. The predicted molar refractivity (Wildman–Crippen MR) is 127 cm³/mol. The van der Waals surface area contributed by atoms with Gasteiger partial charge < -0.3 is 10.1 Å². The number of hydrogen-bond acceptors (Lipinski definition) is 5. The van der Waals surface area contributed by atoms with Gasteiger partial charge in [-0.1, -0.05) is 42.4 Å². The number of nitrogens with one attached hydrogen (secondary N) is 1. The van der Waals surface area contributed by atoms with Crippen LogP contribution in [0.3, 0.4) is 0 Å². The molecule has 0 bridgehead atoms. The standard InChI is InChI=1S/C23H24ClN3O3S/c1-3-12-27-22(29)20(31-23(27)26-18-7-5-6-16(24)14-18)15-21(28)25-17-8-10-19(11-9-17)30-13-4-2/h3,5-11,14,20H,1,4,12-13,15H2,2H3,(H,25,28)/t20-/m1/s1. The first-order valence-corrected chi connectivity index (χ1v) is 11.2. The molecule has 0 saturated carbocycles. The molecule has 2 amide bonds. The van der Waals surface area contributed by atoms with Gasteiger partial charge in [0.2, 0.25) is 11.8 Å². The van der Waals surface area contributed by atoms with Gasteiger partial charge in [-0.2, -0.15) is 0 Å². The number of carbonyl (C=O) groups excluding carboxylic acids is 2. The Morgan fingerprint density at radius 2 is 2.10 bits per heavy atom. The molecule has 0 aromatic heterocycles. The van der Waals surface area contributed by atoms with Gasteiger partial charge in [-0.25, -0.2) is 4.99 Å². The molecule has 8 heteroatoms. The van der Waals surface area contributed by atoms with Gasteiger partial charge in [0.15, 0.2) is 5.17 Å². The highest BCUT2D eigenvalue weighted by Crippen LogP contribution is 2.32. The van der Waals surface area contributed by atoms with Crippen molar-refractivity contribution in [2.45, 2.75) is 25.0 Å². The van der Waals surface area contributed by atoms with E-state index in [-0.39, 0.29) is 18.2 Å². The molecule has 0 spiro atoms. The molecule has 0 aliphatic carbocycles. The highest BCUT2D eigenvalue weighted by molar-refractivity contribution is 8.15. The van der Waals surface area contributed by atoms with Crippen LogP contribution in [-0.4, -0.2) is 40.3 Å². The summed E-state index contributed by atoms with van der Waals surface area (Å²) in [5.74, 6) is 0.350. The van der Waals surface area contributed by atoms with Gasteiger partial charge in [-0.3, -0.25) is 14.5 Å². The second kappa shape index (κ2) is 11.0. The third-order valence-corrected chi connectivity index (χ3v) is 5.76. The van der Waals surface area contributed by atoms with Crippen LogP contribution in [0, 0.1) is 0 Å². The first-order chi connectivity index (χ1) is 15.0. The van der Waals surface area contributed by atoms with Crippen molar-refractivity contribution in [2.75, 3.05) is 18.5 Å². The molecule has 2 aromatic rings. The van der Waals surface area contributed by atoms with Gasteiger partial charge in [-0.15, -0.1) is 6.58 Å².